The van der Waals surface area contributed by atoms with E-state index in [0.29, 0.717) is 32.2 Å². The van der Waals surface area contributed by atoms with Crippen LogP contribution in [0.1, 0.15) is 31.4 Å². The van der Waals surface area contributed by atoms with Crippen LogP contribution in [-0.4, -0.2) is 32.9 Å². The molecule has 0 saturated carbocycles. The van der Waals surface area contributed by atoms with E-state index in [2.05, 4.69) is 24.5 Å². The summed E-state index contributed by atoms with van der Waals surface area (Å²) in [7, 11) is 1.66. The molecule has 5 heteroatoms. The summed E-state index contributed by atoms with van der Waals surface area (Å²) in [6, 6.07) is 7.77. The molecule has 2 amide bonds. The van der Waals surface area contributed by atoms with Crippen molar-refractivity contribution < 1.29 is 14.3 Å². The van der Waals surface area contributed by atoms with Gasteiger partial charge in [0.15, 0.2) is 0 Å². The molecular weight excluding hydrogens is 280 g/mol. The zero-order chi connectivity index (χ0) is 16.2. The Morgan fingerprint density at radius 2 is 1.91 bits per heavy atom. The third kappa shape index (κ3) is 8.00. The van der Waals surface area contributed by atoms with Gasteiger partial charge in [-0.1, -0.05) is 38.1 Å². The van der Waals surface area contributed by atoms with E-state index in [1.54, 1.807) is 7.11 Å². The molecular formula is C17H28N2O3. The molecule has 0 aliphatic rings. The normalized spacial score (nSPS) is 10.7. The molecule has 0 aliphatic carbocycles. The van der Waals surface area contributed by atoms with E-state index in [-0.39, 0.29) is 6.03 Å². The molecule has 124 valence electrons. The minimum atomic E-state index is -0.156. The van der Waals surface area contributed by atoms with E-state index in [1.165, 1.54) is 0 Å². The number of methoxy groups -OCH3 is 1. The summed E-state index contributed by atoms with van der Waals surface area (Å²) in [4.78, 5) is 11.7. The van der Waals surface area contributed by atoms with Crippen molar-refractivity contribution in [2.24, 2.45) is 5.92 Å². The van der Waals surface area contributed by atoms with Crippen LogP contribution in [0.15, 0.2) is 24.3 Å². The van der Waals surface area contributed by atoms with E-state index >= 15 is 0 Å². The Labute approximate surface area is 133 Å². The second-order valence-corrected chi connectivity index (χ2v) is 5.63. The van der Waals surface area contributed by atoms with Gasteiger partial charge in [-0.3, -0.25) is 0 Å². The molecule has 1 aromatic rings. The smallest absolute Gasteiger partial charge is 0.315 e. The lowest BCUT2D eigenvalue weighted by Gasteiger charge is -2.11. The summed E-state index contributed by atoms with van der Waals surface area (Å²) in [6.45, 7) is 7.34. The highest BCUT2D eigenvalue weighted by molar-refractivity contribution is 5.73. The summed E-state index contributed by atoms with van der Waals surface area (Å²) >= 11 is 0. The van der Waals surface area contributed by atoms with Gasteiger partial charge in [-0.2, -0.15) is 0 Å². The number of rotatable bonds is 10. The Kier molecular flexibility index (Phi) is 9.26. The fraction of sp³-hybridized carbons (Fsp3) is 0.588. The van der Waals surface area contributed by atoms with Crippen molar-refractivity contribution in [1.29, 1.82) is 0 Å². The van der Waals surface area contributed by atoms with Gasteiger partial charge in [0.1, 0.15) is 0 Å². The predicted molar refractivity (Wildman–Crippen MR) is 87.7 cm³/mol. The summed E-state index contributed by atoms with van der Waals surface area (Å²) in [5.41, 5.74) is 2.16. The lowest BCUT2D eigenvalue weighted by atomic mass is 10.1. The van der Waals surface area contributed by atoms with Crippen molar-refractivity contribution in [3.05, 3.63) is 35.4 Å². The first-order valence-electron chi connectivity index (χ1n) is 7.78. The third-order valence-electron chi connectivity index (χ3n) is 3.06. The number of carbonyl (C=O) groups excluding carboxylic acids is 1. The zero-order valence-corrected chi connectivity index (χ0v) is 13.9. The number of hydrogen-bond acceptors (Lipinski definition) is 3. The quantitative estimate of drug-likeness (QED) is 0.653. The second kappa shape index (κ2) is 11.0. The minimum Gasteiger partial charge on any atom is -0.381 e. The van der Waals surface area contributed by atoms with E-state index in [9.17, 15) is 4.79 Å². The molecule has 0 aliphatic heterocycles. The van der Waals surface area contributed by atoms with Crippen molar-refractivity contribution >= 4 is 6.03 Å². The number of amides is 2. The van der Waals surface area contributed by atoms with Crippen molar-refractivity contribution in [2.45, 2.75) is 33.4 Å². The maximum Gasteiger partial charge on any atom is 0.315 e. The lowest BCUT2D eigenvalue weighted by molar-refractivity contribution is 0.108. The molecule has 2 N–H and O–H groups in total. The molecule has 0 aromatic heterocycles. The van der Waals surface area contributed by atoms with Crippen molar-refractivity contribution in [3.8, 4) is 0 Å². The fourth-order valence-electron chi connectivity index (χ4n) is 1.96. The average Bonchev–Trinajstić information content (AvgIpc) is 2.50. The van der Waals surface area contributed by atoms with Crippen LogP contribution in [0.3, 0.4) is 0 Å². The summed E-state index contributed by atoms with van der Waals surface area (Å²) in [6.07, 6.45) is 0.820. The molecule has 0 fully saturated rings. The van der Waals surface area contributed by atoms with Crippen LogP contribution in [0.4, 0.5) is 4.79 Å². The maximum atomic E-state index is 11.7. The van der Waals surface area contributed by atoms with Gasteiger partial charge in [0, 0.05) is 33.4 Å². The summed E-state index contributed by atoms with van der Waals surface area (Å²) in [5, 5.41) is 5.69. The highest BCUT2D eigenvalue weighted by Crippen LogP contribution is 2.09. The van der Waals surface area contributed by atoms with Gasteiger partial charge >= 0.3 is 6.03 Å². The fourth-order valence-corrected chi connectivity index (χ4v) is 1.96. The van der Waals surface area contributed by atoms with Gasteiger partial charge in [0.2, 0.25) is 0 Å². The first-order chi connectivity index (χ1) is 10.6. The Morgan fingerprint density at radius 1 is 1.18 bits per heavy atom. The first kappa shape index (κ1) is 18.5. The first-order valence-corrected chi connectivity index (χ1v) is 7.78. The van der Waals surface area contributed by atoms with Crippen LogP contribution in [0.5, 0.6) is 0 Å². The predicted octanol–water partition coefficient (Wildman–Crippen LogP) is 2.69. The van der Waals surface area contributed by atoms with Crippen LogP contribution in [-0.2, 0) is 22.6 Å². The Balaban J connectivity index is 2.18. The molecule has 1 aromatic carbocycles. The second-order valence-electron chi connectivity index (χ2n) is 5.63. The molecule has 22 heavy (non-hydrogen) atoms. The number of benzene rings is 1. The monoisotopic (exact) mass is 308 g/mol. The van der Waals surface area contributed by atoms with Gasteiger partial charge in [0.25, 0.3) is 0 Å². The molecule has 0 saturated heterocycles. The van der Waals surface area contributed by atoms with E-state index in [1.807, 2.05) is 24.3 Å². The summed E-state index contributed by atoms with van der Waals surface area (Å²) in [5.74, 6) is 0.545. The Morgan fingerprint density at radius 3 is 2.59 bits per heavy atom. The van der Waals surface area contributed by atoms with Gasteiger partial charge in [-0.25, -0.2) is 4.79 Å². The SMILES string of the molecule is COCc1ccccc1CNC(=O)NCCCOCC(C)C. The van der Waals surface area contributed by atoms with Crippen molar-refractivity contribution in [3.63, 3.8) is 0 Å². The van der Waals surface area contributed by atoms with Gasteiger partial charge in [-0.05, 0) is 23.5 Å². The van der Waals surface area contributed by atoms with Crippen LogP contribution in [0, 0.1) is 5.92 Å². The number of carbonyl (C=O) groups is 1. The van der Waals surface area contributed by atoms with Crippen LogP contribution in [0.25, 0.3) is 0 Å². The Hall–Kier alpha value is -1.59. The van der Waals surface area contributed by atoms with Crippen molar-refractivity contribution in [1.82, 2.24) is 10.6 Å². The zero-order valence-electron chi connectivity index (χ0n) is 13.9. The van der Waals surface area contributed by atoms with Crippen LogP contribution in [0.2, 0.25) is 0 Å². The van der Waals surface area contributed by atoms with Gasteiger partial charge < -0.3 is 20.1 Å². The highest BCUT2D eigenvalue weighted by Gasteiger charge is 2.04. The van der Waals surface area contributed by atoms with E-state index in [0.717, 1.165) is 24.2 Å². The molecule has 0 bridgehead atoms. The number of nitrogens with one attached hydrogen (secondary N) is 2. The van der Waals surface area contributed by atoms with E-state index in [4.69, 9.17) is 9.47 Å². The van der Waals surface area contributed by atoms with Crippen LogP contribution < -0.4 is 10.6 Å². The average molecular weight is 308 g/mol. The maximum absolute atomic E-state index is 11.7. The van der Waals surface area contributed by atoms with Crippen molar-refractivity contribution in [2.75, 3.05) is 26.9 Å². The number of ether oxygens (including phenoxy) is 2. The topological polar surface area (TPSA) is 59.6 Å². The molecule has 0 spiro atoms. The molecule has 0 atom stereocenters. The van der Waals surface area contributed by atoms with E-state index < -0.39 is 0 Å². The minimum absolute atomic E-state index is 0.156. The lowest BCUT2D eigenvalue weighted by Crippen LogP contribution is -2.36. The molecule has 0 unspecified atom stereocenters. The van der Waals surface area contributed by atoms with Gasteiger partial charge in [0.05, 0.1) is 6.61 Å². The molecule has 5 nitrogen and oxygen atoms in total. The molecule has 0 radical (unpaired) electrons. The largest absolute Gasteiger partial charge is 0.381 e. The highest BCUT2D eigenvalue weighted by atomic mass is 16.5. The number of urea groups is 1. The Bertz CT molecular complexity index is 436. The van der Waals surface area contributed by atoms with Crippen LogP contribution >= 0.6 is 0 Å². The molecule has 0 heterocycles. The molecule has 1 rings (SSSR count). The van der Waals surface area contributed by atoms with Gasteiger partial charge in [-0.15, -0.1) is 0 Å². The summed E-state index contributed by atoms with van der Waals surface area (Å²) < 4.78 is 10.6. The number of hydrogen-bond donors (Lipinski definition) is 2. The third-order valence-corrected chi connectivity index (χ3v) is 3.06. The standard InChI is InChI=1S/C17H28N2O3/c1-14(2)12-22-10-6-9-18-17(20)19-11-15-7-4-5-8-16(15)13-21-3/h4-5,7-8,14H,6,9-13H2,1-3H3,(H2,18,19,20).